The maximum atomic E-state index is 13.8. The van der Waals surface area contributed by atoms with Crippen molar-refractivity contribution in [1.29, 1.82) is 0 Å². The monoisotopic (exact) mass is 562 g/mol. The Balaban J connectivity index is 1.41. The second-order valence-electron chi connectivity index (χ2n) is 10.3. The van der Waals surface area contributed by atoms with E-state index in [2.05, 4.69) is 20.8 Å². The number of halogens is 1. The van der Waals surface area contributed by atoms with E-state index in [1.807, 2.05) is 0 Å². The highest BCUT2D eigenvalue weighted by Gasteiger charge is 2.42. The molecule has 1 saturated carbocycles. The molecule has 1 saturated heterocycles. The van der Waals surface area contributed by atoms with Crippen molar-refractivity contribution >= 4 is 41.1 Å². The summed E-state index contributed by atoms with van der Waals surface area (Å²) in [6.45, 7) is 0.470. The Morgan fingerprint density at radius 1 is 1.00 bits per heavy atom. The Morgan fingerprint density at radius 2 is 1.77 bits per heavy atom. The average Bonchev–Trinajstić information content (AvgIpc) is 3.51. The van der Waals surface area contributed by atoms with E-state index in [1.54, 1.807) is 41.3 Å². The zero-order chi connectivity index (χ0) is 28.1. The van der Waals surface area contributed by atoms with Gasteiger partial charge >= 0.3 is 5.97 Å². The molecule has 5 rings (SSSR count). The molecule has 0 bridgehead atoms. The van der Waals surface area contributed by atoms with Gasteiger partial charge in [-0.3, -0.25) is 9.59 Å². The third kappa shape index (κ3) is 6.22. The molecule has 208 valence electrons. The fourth-order valence-corrected chi connectivity index (χ4v) is 6.15. The van der Waals surface area contributed by atoms with Gasteiger partial charge in [0, 0.05) is 28.9 Å². The number of nitrogens with zero attached hydrogens (tertiary/aromatic N) is 5. The minimum absolute atomic E-state index is 0.0487. The molecule has 40 heavy (non-hydrogen) atoms. The van der Waals surface area contributed by atoms with E-state index < -0.39 is 12.0 Å². The average molecular weight is 563 g/mol. The van der Waals surface area contributed by atoms with Gasteiger partial charge in [-0.2, -0.15) is 4.68 Å². The van der Waals surface area contributed by atoms with E-state index >= 15 is 0 Å². The summed E-state index contributed by atoms with van der Waals surface area (Å²) in [6.07, 6.45) is 11.9. The summed E-state index contributed by atoms with van der Waals surface area (Å²) in [5, 5.41) is 24.0. The minimum atomic E-state index is -1.03. The van der Waals surface area contributed by atoms with Crippen LogP contribution in [-0.2, 0) is 9.59 Å². The second-order valence-corrected chi connectivity index (χ2v) is 10.8. The van der Waals surface area contributed by atoms with Gasteiger partial charge in [0.05, 0.1) is 11.3 Å². The van der Waals surface area contributed by atoms with E-state index in [0.717, 1.165) is 38.5 Å². The number of nitrogens with one attached hydrogen (secondary N) is 1. The van der Waals surface area contributed by atoms with Crippen LogP contribution in [0.25, 0.3) is 11.8 Å². The number of carboxylic acid groups (broad SMARTS) is 1. The Kier molecular flexibility index (Phi) is 8.54. The lowest BCUT2D eigenvalue weighted by atomic mass is 9.72. The summed E-state index contributed by atoms with van der Waals surface area (Å²) in [7, 11) is 0. The first-order valence-corrected chi connectivity index (χ1v) is 13.9. The Morgan fingerprint density at radius 3 is 2.48 bits per heavy atom. The SMILES string of the molecule is O=C(O)c1ccc(NC(=O)C2C(C3CCCCC3)CCCN2C(=O)/C=C/c2cc(Cl)ccc2-n2cnnn2)cc1. The maximum absolute atomic E-state index is 13.8. The number of tetrazole rings is 1. The van der Waals surface area contributed by atoms with E-state index in [4.69, 9.17) is 11.6 Å². The lowest BCUT2D eigenvalue weighted by Gasteiger charge is -2.44. The van der Waals surface area contributed by atoms with Crippen LogP contribution in [0.15, 0.2) is 54.9 Å². The number of amides is 2. The van der Waals surface area contributed by atoms with Gasteiger partial charge in [-0.05, 0) is 83.6 Å². The topological polar surface area (TPSA) is 130 Å². The van der Waals surface area contributed by atoms with Gasteiger partial charge in [0.1, 0.15) is 12.4 Å². The third-order valence-corrected chi connectivity index (χ3v) is 8.11. The van der Waals surface area contributed by atoms with Crippen molar-refractivity contribution < 1.29 is 19.5 Å². The molecule has 2 heterocycles. The van der Waals surface area contributed by atoms with Crippen molar-refractivity contribution in [3.8, 4) is 5.69 Å². The second kappa shape index (κ2) is 12.4. The number of carboxylic acids is 1. The highest BCUT2D eigenvalue weighted by atomic mass is 35.5. The number of likely N-dealkylation sites (tertiary alicyclic amines) is 1. The van der Waals surface area contributed by atoms with Gasteiger partial charge in [0.2, 0.25) is 11.8 Å². The number of anilines is 1. The Labute approximate surface area is 237 Å². The summed E-state index contributed by atoms with van der Waals surface area (Å²) in [6, 6.07) is 10.7. The number of carbonyl (C=O) groups is 3. The molecule has 0 radical (unpaired) electrons. The van der Waals surface area contributed by atoms with Crippen LogP contribution >= 0.6 is 11.6 Å². The van der Waals surface area contributed by atoms with Crippen molar-refractivity contribution in [3.05, 3.63) is 71.0 Å². The van der Waals surface area contributed by atoms with Gasteiger partial charge in [-0.1, -0.05) is 43.7 Å². The molecule has 1 aliphatic carbocycles. The number of aromatic nitrogens is 4. The van der Waals surface area contributed by atoms with Crippen LogP contribution in [0, 0.1) is 11.8 Å². The predicted octanol–water partition coefficient (Wildman–Crippen LogP) is 4.85. The number of carbonyl (C=O) groups excluding carboxylic acids is 2. The van der Waals surface area contributed by atoms with E-state index in [1.165, 1.54) is 35.6 Å². The number of hydrogen-bond donors (Lipinski definition) is 2. The lowest BCUT2D eigenvalue weighted by molar-refractivity contribution is -0.140. The van der Waals surface area contributed by atoms with Crippen molar-refractivity contribution in [2.75, 3.05) is 11.9 Å². The molecule has 1 aliphatic heterocycles. The zero-order valence-corrected chi connectivity index (χ0v) is 22.7. The quantitative estimate of drug-likeness (QED) is 0.393. The third-order valence-electron chi connectivity index (χ3n) is 7.88. The van der Waals surface area contributed by atoms with Crippen LogP contribution in [-0.4, -0.2) is 60.6 Å². The van der Waals surface area contributed by atoms with Gasteiger partial charge < -0.3 is 15.3 Å². The molecule has 3 aromatic rings. The summed E-state index contributed by atoms with van der Waals surface area (Å²) in [5.74, 6) is -1.12. The van der Waals surface area contributed by atoms with Crippen LogP contribution in [0.4, 0.5) is 5.69 Å². The number of piperidine rings is 1. The molecular weight excluding hydrogens is 532 g/mol. The molecule has 2 N–H and O–H groups in total. The Bertz CT molecular complexity index is 1390. The highest BCUT2D eigenvalue weighted by molar-refractivity contribution is 6.30. The number of rotatable bonds is 7. The zero-order valence-electron chi connectivity index (χ0n) is 21.9. The summed E-state index contributed by atoms with van der Waals surface area (Å²) >= 11 is 6.24. The van der Waals surface area contributed by atoms with Crippen LogP contribution in [0.1, 0.15) is 60.9 Å². The fourth-order valence-electron chi connectivity index (χ4n) is 5.97. The smallest absolute Gasteiger partial charge is 0.335 e. The number of benzene rings is 2. The van der Waals surface area contributed by atoms with Crippen molar-refractivity contribution in [1.82, 2.24) is 25.1 Å². The molecule has 2 fully saturated rings. The maximum Gasteiger partial charge on any atom is 0.335 e. The standard InChI is InChI=1S/C29H31ClN6O4/c30-22-11-14-25(36-18-31-33-34-36)21(17-22)10-15-26(37)35-16-4-7-24(19-5-2-1-3-6-19)27(35)28(38)32-23-12-8-20(9-13-23)29(39)40/h8-15,17-19,24,27H,1-7,16H2,(H,32,38)(H,39,40)/b15-10+. The molecule has 11 heteroatoms. The van der Waals surface area contributed by atoms with E-state index in [0.29, 0.717) is 34.4 Å². The molecule has 0 spiro atoms. The molecule has 2 aromatic carbocycles. The van der Waals surface area contributed by atoms with Gasteiger partial charge in [-0.15, -0.1) is 5.10 Å². The molecule has 2 aliphatic rings. The molecule has 2 unspecified atom stereocenters. The first-order valence-electron chi connectivity index (χ1n) is 13.6. The van der Waals surface area contributed by atoms with Crippen molar-refractivity contribution in [2.45, 2.75) is 51.0 Å². The number of aromatic carboxylic acids is 1. The van der Waals surface area contributed by atoms with E-state index in [9.17, 15) is 19.5 Å². The van der Waals surface area contributed by atoms with E-state index in [-0.39, 0.29) is 23.3 Å². The van der Waals surface area contributed by atoms with Crippen LogP contribution in [0.5, 0.6) is 0 Å². The van der Waals surface area contributed by atoms with Crippen molar-refractivity contribution in [2.24, 2.45) is 11.8 Å². The summed E-state index contributed by atoms with van der Waals surface area (Å²) in [4.78, 5) is 40.4. The molecule has 2 atom stereocenters. The lowest BCUT2D eigenvalue weighted by Crippen LogP contribution is -2.55. The Hall–Kier alpha value is -4.05. The highest BCUT2D eigenvalue weighted by Crippen LogP contribution is 2.39. The molecule has 1 aromatic heterocycles. The van der Waals surface area contributed by atoms with Gasteiger partial charge in [0.15, 0.2) is 0 Å². The summed E-state index contributed by atoms with van der Waals surface area (Å²) < 4.78 is 1.49. The molecule has 10 nitrogen and oxygen atoms in total. The largest absolute Gasteiger partial charge is 0.478 e. The summed E-state index contributed by atoms with van der Waals surface area (Å²) in [5.41, 5.74) is 1.96. The fraction of sp³-hybridized carbons (Fsp3) is 0.379. The molecular formula is C29H31ClN6O4. The minimum Gasteiger partial charge on any atom is -0.478 e. The molecule has 2 amide bonds. The van der Waals surface area contributed by atoms with Gasteiger partial charge in [0.25, 0.3) is 0 Å². The van der Waals surface area contributed by atoms with Crippen LogP contribution in [0.2, 0.25) is 5.02 Å². The normalized spacial score (nSPS) is 20.0. The van der Waals surface area contributed by atoms with Crippen LogP contribution < -0.4 is 5.32 Å². The first-order chi connectivity index (χ1) is 19.4. The van der Waals surface area contributed by atoms with Gasteiger partial charge in [-0.25, -0.2) is 4.79 Å². The van der Waals surface area contributed by atoms with Crippen LogP contribution in [0.3, 0.4) is 0 Å². The van der Waals surface area contributed by atoms with Crippen molar-refractivity contribution in [3.63, 3.8) is 0 Å². The first kappa shape index (κ1) is 27.5. The number of hydrogen-bond acceptors (Lipinski definition) is 6. The predicted molar refractivity (Wildman–Crippen MR) is 150 cm³/mol.